The Labute approximate surface area is 231 Å². The zero-order valence-electron chi connectivity index (χ0n) is 21.7. The van der Waals surface area contributed by atoms with Crippen LogP contribution in [0.3, 0.4) is 0 Å². The van der Waals surface area contributed by atoms with E-state index in [-0.39, 0.29) is 35.6 Å². The van der Waals surface area contributed by atoms with Crippen molar-refractivity contribution >= 4 is 23.5 Å². The second-order valence-corrected chi connectivity index (χ2v) is 9.44. The van der Waals surface area contributed by atoms with Gasteiger partial charge in [-0.1, -0.05) is 42.5 Å². The lowest BCUT2D eigenvalue weighted by Crippen LogP contribution is -2.30. The number of nitrogens with zero attached hydrogens (tertiary/aromatic N) is 1. The predicted octanol–water partition coefficient (Wildman–Crippen LogP) is 5.65. The summed E-state index contributed by atoms with van der Waals surface area (Å²) >= 11 is 0. The first-order chi connectivity index (χ1) is 19.4. The molecule has 0 spiro atoms. The zero-order valence-corrected chi connectivity index (χ0v) is 21.7. The molecule has 202 valence electrons. The topological polar surface area (TPSA) is 105 Å². The second-order valence-electron chi connectivity index (χ2n) is 9.44. The van der Waals surface area contributed by atoms with Crippen LogP contribution in [-0.4, -0.2) is 47.0 Å². The molecular formula is C32H28N2O6. The minimum absolute atomic E-state index is 0.0191. The minimum atomic E-state index is -1.10. The van der Waals surface area contributed by atoms with Crippen molar-refractivity contribution in [3.05, 3.63) is 120 Å². The Morgan fingerprint density at radius 2 is 1.43 bits per heavy atom. The van der Waals surface area contributed by atoms with E-state index < -0.39 is 5.97 Å². The highest BCUT2D eigenvalue weighted by Gasteiger charge is 2.28. The molecule has 5 rings (SSSR count). The summed E-state index contributed by atoms with van der Waals surface area (Å²) in [5.74, 6) is 0.559. The Morgan fingerprint density at radius 3 is 2.12 bits per heavy atom. The van der Waals surface area contributed by atoms with Gasteiger partial charge in [-0.2, -0.15) is 0 Å². The van der Waals surface area contributed by atoms with Crippen LogP contribution in [0.15, 0.2) is 103 Å². The number of likely N-dealkylation sites (tertiary alicyclic amines) is 1. The van der Waals surface area contributed by atoms with E-state index in [1.54, 1.807) is 42.5 Å². The molecule has 0 aliphatic carbocycles. The normalized spacial score (nSPS) is 14.4. The first-order valence-electron chi connectivity index (χ1n) is 12.9. The summed E-state index contributed by atoms with van der Waals surface area (Å²) in [6.45, 7) is 1.20. The summed E-state index contributed by atoms with van der Waals surface area (Å²) < 4.78 is 12.0. The fraction of sp³-hybridized carbons (Fsp3) is 0.156. The van der Waals surface area contributed by atoms with E-state index in [1.165, 1.54) is 6.07 Å². The number of anilines is 1. The fourth-order valence-electron chi connectivity index (χ4n) is 4.52. The first-order valence-corrected chi connectivity index (χ1v) is 12.9. The molecule has 4 aromatic rings. The van der Waals surface area contributed by atoms with Gasteiger partial charge in [0.05, 0.1) is 24.2 Å². The number of benzene rings is 4. The van der Waals surface area contributed by atoms with E-state index in [0.29, 0.717) is 35.9 Å². The molecule has 1 aliphatic heterocycles. The van der Waals surface area contributed by atoms with E-state index in [0.717, 1.165) is 12.0 Å². The molecule has 1 saturated heterocycles. The Hall–Kier alpha value is -5.11. The third kappa shape index (κ3) is 6.66. The van der Waals surface area contributed by atoms with Gasteiger partial charge in [0.1, 0.15) is 23.4 Å². The first kappa shape index (κ1) is 26.5. The number of para-hydroxylation sites is 1. The van der Waals surface area contributed by atoms with Crippen molar-refractivity contribution in [2.75, 3.05) is 18.4 Å². The van der Waals surface area contributed by atoms with Crippen LogP contribution in [0.25, 0.3) is 0 Å². The van der Waals surface area contributed by atoms with E-state index in [9.17, 15) is 19.5 Å². The van der Waals surface area contributed by atoms with Crippen LogP contribution in [0.2, 0.25) is 0 Å². The number of hydrogen-bond donors (Lipinski definition) is 2. The van der Waals surface area contributed by atoms with Gasteiger partial charge in [0.2, 0.25) is 5.91 Å². The van der Waals surface area contributed by atoms with Crippen molar-refractivity contribution in [1.29, 1.82) is 0 Å². The van der Waals surface area contributed by atoms with Crippen LogP contribution in [0.4, 0.5) is 5.69 Å². The number of carbonyl (C=O) groups excluding carboxylic acids is 2. The van der Waals surface area contributed by atoms with E-state index >= 15 is 0 Å². The number of carboxylic acid groups (broad SMARTS) is 1. The molecule has 1 aliphatic rings. The monoisotopic (exact) mass is 536 g/mol. The molecule has 2 N–H and O–H groups in total. The maximum Gasteiger partial charge on any atom is 0.337 e. The number of aromatic carboxylic acids is 1. The van der Waals surface area contributed by atoms with Gasteiger partial charge in [-0.15, -0.1) is 0 Å². The number of ether oxygens (including phenoxy) is 2. The summed E-state index contributed by atoms with van der Waals surface area (Å²) in [6, 6.07) is 30.0. The van der Waals surface area contributed by atoms with Crippen LogP contribution >= 0.6 is 0 Å². The highest BCUT2D eigenvalue weighted by atomic mass is 16.5. The Balaban J connectivity index is 1.10. The molecule has 0 radical (unpaired) electrons. The van der Waals surface area contributed by atoms with Crippen LogP contribution in [0.5, 0.6) is 17.2 Å². The van der Waals surface area contributed by atoms with E-state index in [2.05, 4.69) is 5.32 Å². The lowest BCUT2D eigenvalue weighted by molar-refractivity contribution is -0.115. The van der Waals surface area contributed by atoms with Gasteiger partial charge in [-0.3, -0.25) is 9.59 Å². The van der Waals surface area contributed by atoms with Crippen LogP contribution in [0.1, 0.15) is 32.7 Å². The Morgan fingerprint density at radius 1 is 0.800 bits per heavy atom. The van der Waals surface area contributed by atoms with Gasteiger partial charge in [-0.05, 0) is 66.2 Å². The molecule has 8 heteroatoms. The molecule has 2 amide bonds. The minimum Gasteiger partial charge on any atom is -0.489 e. The standard InChI is InChI=1S/C32H28N2O6/c35-30(33-29-9-5-4-8-28(29)32(37)38)20-22-10-12-24(13-11-22)39-25-14-16-26(17-15-25)40-27-18-19-34(21-27)31(36)23-6-2-1-3-7-23/h1-17,27H,18-21H2,(H,33,35)(H,37,38)/t27-/m1/s1. The molecule has 8 nitrogen and oxygen atoms in total. The average Bonchev–Trinajstić information content (AvgIpc) is 3.44. The maximum atomic E-state index is 12.7. The molecule has 0 bridgehead atoms. The zero-order chi connectivity index (χ0) is 27.9. The molecule has 0 unspecified atom stereocenters. The molecule has 40 heavy (non-hydrogen) atoms. The second kappa shape index (κ2) is 12.2. The number of carbonyl (C=O) groups is 3. The predicted molar refractivity (Wildman–Crippen MR) is 150 cm³/mol. The quantitative estimate of drug-likeness (QED) is 0.286. The van der Waals surface area contributed by atoms with Gasteiger partial charge >= 0.3 is 5.97 Å². The maximum absolute atomic E-state index is 12.7. The summed E-state index contributed by atoms with van der Waals surface area (Å²) in [5.41, 5.74) is 1.75. The summed E-state index contributed by atoms with van der Waals surface area (Å²) in [4.78, 5) is 38.3. The van der Waals surface area contributed by atoms with Crippen molar-refractivity contribution in [3.63, 3.8) is 0 Å². The number of hydrogen-bond acceptors (Lipinski definition) is 5. The van der Waals surface area contributed by atoms with E-state index in [4.69, 9.17) is 9.47 Å². The number of carboxylic acids is 1. The fourth-order valence-corrected chi connectivity index (χ4v) is 4.52. The summed E-state index contributed by atoms with van der Waals surface area (Å²) in [5, 5.41) is 11.9. The molecule has 1 fully saturated rings. The summed E-state index contributed by atoms with van der Waals surface area (Å²) in [7, 11) is 0. The Kier molecular flexibility index (Phi) is 8.06. The Bertz CT molecular complexity index is 1490. The molecular weight excluding hydrogens is 508 g/mol. The highest BCUT2D eigenvalue weighted by molar-refractivity contribution is 6.01. The lowest BCUT2D eigenvalue weighted by atomic mass is 10.1. The van der Waals surface area contributed by atoms with Crippen molar-refractivity contribution in [1.82, 2.24) is 4.90 Å². The molecule has 4 aromatic carbocycles. The number of rotatable bonds is 9. The third-order valence-electron chi connectivity index (χ3n) is 6.53. The van der Waals surface area contributed by atoms with Gasteiger partial charge in [-0.25, -0.2) is 4.79 Å². The molecule has 0 aromatic heterocycles. The van der Waals surface area contributed by atoms with Gasteiger partial charge in [0.15, 0.2) is 0 Å². The SMILES string of the molecule is O=C(Cc1ccc(Oc2ccc(O[C@@H]3CCN(C(=O)c4ccccc4)C3)cc2)cc1)Nc1ccccc1C(=O)O. The lowest BCUT2D eigenvalue weighted by Gasteiger charge is -2.17. The van der Waals surface area contributed by atoms with Gasteiger partial charge in [0, 0.05) is 18.5 Å². The molecule has 1 atom stereocenters. The van der Waals surface area contributed by atoms with Gasteiger partial charge < -0.3 is 24.8 Å². The smallest absolute Gasteiger partial charge is 0.337 e. The average molecular weight is 537 g/mol. The van der Waals surface area contributed by atoms with E-state index in [1.807, 2.05) is 59.5 Å². The largest absolute Gasteiger partial charge is 0.489 e. The van der Waals surface area contributed by atoms with Crippen molar-refractivity contribution < 1.29 is 29.0 Å². The van der Waals surface area contributed by atoms with Crippen molar-refractivity contribution in [3.8, 4) is 17.2 Å². The van der Waals surface area contributed by atoms with Crippen LogP contribution in [-0.2, 0) is 11.2 Å². The number of nitrogens with one attached hydrogen (secondary N) is 1. The third-order valence-corrected chi connectivity index (χ3v) is 6.53. The summed E-state index contributed by atoms with van der Waals surface area (Å²) in [6.07, 6.45) is 0.796. The van der Waals surface area contributed by atoms with Crippen molar-refractivity contribution in [2.24, 2.45) is 0 Å². The van der Waals surface area contributed by atoms with Crippen molar-refractivity contribution in [2.45, 2.75) is 18.9 Å². The van der Waals surface area contributed by atoms with Crippen LogP contribution < -0.4 is 14.8 Å². The van der Waals surface area contributed by atoms with Crippen LogP contribution in [0, 0.1) is 0 Å². The molecule has 1 heterocycles. The van der Waals surface area contributed by atoms with Gasteiger partial charge in [0.25, 0.3) is 5.91 Å². The number of amides is 2. The molecule has 0 saturated carbocycles. The highest BCUT2D eigenvalue weighted by Crippen LogP contribution is 2.26.